The first-order valence-corrected chi connectivity index (χ1v) is 13.7. The molecule has 1 aliphatic heterocycles. The van der Waals surface area contributed by atoms with Gasteiger partial charge < -0.3 is 10.2 Å². The van der Waals surface area contributed by atoms with E-state index in [4.69, 9.17) is 4.98 Å². The van der Waals surface area contributed by atoms with Crippen molar-refractivity contribution in [2.45, 2.75) is 26.1 Å². The van der Waals surface area contributed by atoms with Crippen molar-refractivity contribution in [3.63, 3.8) is 0 Å². The number of sulfonamides is 1. The number of fused-ring (bicyclic) bond motifs is 2. The average Bonchev–Trinajstić information content (AvgIpc) is 3.28. The van der Waals surface area contributed by atoms with Gasteiger partial charge >= 0.3 is 0 Å². The van der Waals surface area contributed by atoms with Gasteiger partial charge in [-0.25, -0.2) is 27.5 Å². The Hall–Kier alpha value is -4.32. The number of pyridine rings is 1. The number of nitrogens with one attached hydrogen (secondary N) is 2. The molecule has 3 heterocycles. The zero-order chi connectivity index (χ0) is 27.2. The number of hydrogen-bond acceptors (Lipinski definition) is 8. The zero-order valence-corrected chi connectivity index (χ0v) is 21.7. The number of carbonyl (C=O) groups is 1. The Bertz CT molecular complexity index is 1750. The summed E-state index contributed by atoms with van der Waals surface area (Å²) in [6.07, 6.45) is 2.28. The highest BCUT2D eigenvalue weighted by Crippen LogP contribution is 2.30. The number of amides is 1. The summed E-state index contributed by atoms with van der Waals surface area (Å²) in [5, 5.41) is 3.63. The molecule has 10 nitrogen and oxygen atoms in total. The Morgan fingerprint density at radius 2 is 1.87 bits per heavy atom. The van der Waals surface area contributed by atoms with Crippen LogP contribution in [0.1, 0.15) is 40.1 Å². The average molecular weight is 537 g/mol. The second-order valence-electron chi connectivity index (χ2n) is 9.26. The fourth-order valence-electron chi connectivity index (χ4n) is 4.67. The molecule has 38 heavy (non-hydrogen) atoms. The van der Waals surface area contributed by atoms with Gasteiger partial charge in [-0.3, -0.25) is 14.2 Å². The van der Waals surface area contributed by atoms with Crippen LogP contribution in [0.2, 0.25) is 0 Å². The van der Waals surface area contributed by atoms with Crippen molar-refractivity contribution in [1.82, 2.24) is 19.3 Å². The Kier molecular flexibility index (Phi) is 6.35. The van der Waals surface area contributed by atoms with E-state index in [1.54, 1.807) is 37.4 Å². The van der Waals surface area contributed by atoms with E-state index in [0.29, 0.717) is 41.2 Å². The Labute approximate surface area is 218 Å². The largest absolute Gasteiger partial charge is 0.377 e. The molecule has 0 saturated carbocycles. The molecule has 1 amide bonds. The first kappa shape index (κ1) is 25.3. The van der Waals surface area contributed by atoms with Crippen molar-refractivity contribution in [2.75, 3.05) is 16.5 Å². The SMILES string of the molecule is C[C@@H](Nc1cccnc1C(=O)NS(C)(=O)=O)c1cccc2c(=O)n(C)c(N3Cc4ccc(F)cc4C3)nc12. The summed E-state index contributed by atoms with van der Waals surface area (Å²) in [7, 11) is -2.12. The lowest BCUT2D eigenvalue weighted by atomic mass is 10.0. The van der Waals surface area contributed by atoms with Gasteiger partial charge in [0.1, 0.15) is 5.82 Å². The van der Waals surface area contributed by atoms with Crippen LogP contribution in [0.5, 0.6) is 0 Å². The molecular weight excluding hydrogens is 511 g/mol. The van der Waals surface area contributed by atoms with Crippen molar-refractivity contribution in [1.29, 1.82) is 0 Å². The van der Waals surface area contributed by atoms with E-state index in [0.717, 1.165) is 17.4 Å². The molecule has 0 aliphatic carbocycles. The van der Waals surface area contributed by atoms with Gasteiger partial charge in [-0.05, 0) is 48.4 Å². The summed E-state index contributed by atoms with van der Waals surface area (Å²) in [6.45, 7) is 2.75. The van der Waals surface area contributed by atoms with Crippen LogP contribution in [0.4, 0.5) is 16.0 Å². The fourth-order valence-corrected chi connectivity index (χ4v) is 5.11. The summed E-state index contributed by atoms with van der Waals surface area (Å²) < 4.78 is 40.3. The van der Waals surface area contributed by atoms with Gasteiger partial charge in [0.25, 0.3) is 11.5 Å². The first-order valence-electron chi connectivity index (χ1n) is 11.8. The quantitative estimate of drug-likeness (QED) is 0.385. The predicted octanol–water partition coefficient (Wildman–Crippen LogP) is 2.85. The molecule has 196 valence electrons. The summed E-state index contributed by atoms with van der Waals surface area (Å²) in [5.41, 5.74) is 3.01. The maximum Gasteiger partial charge on any atom is 0.285 e. The molecule has 2 N–H and O–H groups in total. The van der Waals surface area contributed by atoms with Crippen LogP contribution in [0.15, 0.2) is 59.5 Å². The van der Waals surface area contributed by atoms with E-state index in [1.807, 2.05) is 22.6 Å². The first-order chi connectivity index (χ1) is 18.0. The van der Waals surface area contributed by atoms with Crippen molar-refractivity contribution in [3.05, 3.63) is 93.3 Å². The molecule has 0 radical (unpaired) electrons. The number of benzene rings is 2. The van der Waals surface area contributed by atoms with Gasteiger partial charge in [0.05, 0.1) is 28.9 Å². The Balaban J connectivity index is 1.52. The Morgan fingerprint density at radius 3 is 2.63 bits per heavy atom. The molecule has 0 bridgehead atoms. The van der Waals surface area contributed by atoms with E-state index in [1.165, 1.54) is 22.9 Å². The smallest absolute Gasteiger partial charge is 0.285 e. The second kappa shape index (κ2) is 9.53. The highest BCUT2D eigenvalue weighted by atomic mass is 32.2. The van der Waals surface area contributed by atoms with Crippen molar-refractivity contribution < 1.29 is 17.6 Å². The Morgan fingerprint density at radius 1 is 1.11 bits per heavy atom. The third kappa shape index (κ3) is 4.82. The minimum atomic E-state index is -3.78. The number of aromatic nitrogens is 3. The van der Waals surface area contributed by atoms with Crippen molar-refractivity contribution >= 4 is 38.5 Å². The van der Waals surface area contributed by atoms with Crippen molar-refractivity contribution in [2.24, 2.45) is 7.05 Å². The number of halogens is 1. The standard InChI is InChI=1S/C26H25FN6O4S/c1-15(29-21-8-5-11-28-23(21)24(34)31-38(3,36)37)19-6-4-7-20-22(19)30-26(32(2)25(20)35)33-13-16-9-10-18(27)12-17(16)14-33/h4-12,15,29H,13-14H2,1-3H3,(H,31,34)/t15-/m1/s1. The maximum atomic E-state index is 13.8. The van der Waals surface area contributed by atoms with Gasteiger partial charge in [-0.15, -0.1) is 0 Å². The molecule has 5 rings (SSSR count). The lowest BCUT2D eigenvalue weighted by Crippen LogP contribution is -2.31. The van der Waals surface area contributed by atoms with E-state index < -0.39 is 22.0 Å². The lowest BCUT2D eigenvalue weighted by molar-refractivity contribution is 0.0977. The minimum absolute atomic E-state index is 0.0864. The molecule has 2 aromatic carbocycles. The number of hydrogen-bond donors (Lipinski definition) is 2. The molecule has 0 saturated heterocycles. The highest BCUT2D eigenvalue weighted by molar-refractivity contribution is 7.89. The molecule has 4 aromatic rings. The van der Waals surface area contributed by atoms with Crippen molar-refractivity contribution in [3.8, 4) is 0 Å². The highest BCUT2D eigenvalue weighted by Gasteiger charge is 2.25. The summed E-state index contributed by atoms with van der Waals surface area (Å²) in [6, 6.07) is 12.7. The van der Waals surface area contributed by atoms with Gasteiger partial charge in [0.2, 0.25) is 16.0 Å². The number of carbonyl (C=O) groups excluding carboxylic acids is 1. The van der Waals surface area contributed by atoms with Crippen LogP contribution in [0, 0.1) is 5.82 Å². The van der Waals surface area contributed by atoms with Crippen LogP contribution >= 0.6 is 0 Å². The van der Waals surface area contributed by atoms with E-state index in [2.05, 4.69) is 10.3 Å². The molecule has 12 heteroatoms. The number of nitrogens with zero attached hydrogens (tertiary/aromatic N) is 4. The fraction of sp³-hybridized carbons (Fsp3) is 0.231. The monoisotopic (exact) mass is 536 g/mol. The zero-order valence-electron chi connectivity index (χ0n) is 20.9. The predicted molar refractivity (Wildman–Crippen MR) is 142 cm³/mol. The summed E-state index contributed by atoms with van der Waals surface area (Å²) >= 11 is 0. The third-order valence-corrected chi connectivity index (χ3v) is 6.98. The maximum absolute atomic E-state index is 13.8. The van der Waals surface area contributed by atoms with E-state index in [-0.39, 0.29) is 17.1 Å². The summed E-state index contributed by atoms with van der Waals surface area (Å²) in [5.74, 6) is -0.721. The van der Waals surface area contributed by atoms with Crippen LogP contribution in [-0.4, -0.2) is 35.1 Å². The molecular formula is C26H25FN6O4S. The molecule has 1 atom stereocenters. The summed E-state index contributed by atoms with van der Waals surface area (Å²) in [4.78, 5) is 36.7. The molecule has 0 unspecified atom stereocenters. The van der Waals surface area contributed by atoms with Crippen LogP contribution in [0.3, 0.4) is 0 Å². The molecule has 1 aliphatic rings. The molecule has 2 aromatic heterocycles. The van der Waals surface area contributed by atoms with Gasteiger partial charge in [-0.2, -0.15) is 0 Å². The molecule has 0 fully saturated rings. The normalized spacial score (nSPS) is 13.8. The number of anilines is 2. The van der Waals surface area contributed by atoms with Crippen LogP contribution in [0.25, 0.3) is 10.9 Å². The van der Waals surface area contributed by atoms with E-state index in [9.17, 15) is 22.4 Å². The van der Waals surface area contributed by atoms with Crippen LogP contribution < -0.4 is 20.5 Å². The number of rotatable bonds is 6. The topological polar surface area (TPSA) is 126 Å². The third-order valence-electron chi connectivity index (χ3n) is 6.43. The molecule has 0 spiro atoms. The van der Waals surface area contributed by atoms with E-state index >= 15 is 0 Å². The van der Waals surface area contributed by atoms with Gasteiger partial charge in [0, 0.05) is 31.9 Å². The lowest BCUT2D eigenvalue weighted by Gasteiger charge is -2.22. The second-order valence-corrected chi connectivity index (χ2v) is 11.0. The number of para-hydroxylation sites is 1. The van der Waals surface area contributed by atoms with Gasteiger partial charge in [-0.1, -0.05) is 18.2 Å². The van der Waals surface area contributed by atoms with Crippen LogP contribution in [-0.2, 0) is 30.2 Å². The van der Waals surface area contributed by atoms with Gasteiger partial charge in [0.15, 0.2) is 5.69 Å². The minimum Gasteiger partial charge on any atom is -0.377 e.